The molecular formula is C13H17N3O2. The fourth-order valence-electron chi connectivity index (χ4n) is 2.10. The SMILES string of the molecule is C[C@H]1C(=O)N(Cc2ccccn2)[C@@H](C)C(=O)N1C. The lowest BCUT2D eigenvalue weighted by Crippen LogP contribution is -2.61. The largest absolute Gasteiger partial charge is 0.332 e. The van der Waals surface area contributed by atoms with Crippen molar-refractivity contribution < 1.29 is 9.59 Å². The smallest absolute Gasteiger partial charge is 0.246 e. The van der Waals surface area contributed by atoms with Gasteiger partial charge >= 0.3 is 0 Å². The van der Waals surface area contributed by atoms with E-state index in [-0.39, 0.29) is 11.8 Å². The molecule has 0 unspecified atom stereocenters. The molecule has 5 nitrogen and oxygen atoms in total. The third-order valence-corrected chi connectivity index (χ3v) is 3.45. The summed E-state index contributed by atoms with van der Waals surface area (Å²) in [5, 5.41) is 0. The van der Waals surface area contributed by atoms with Gasteiger partial charge in [0, 0.05) is 13.2 Å². The van der Waals surface area contributed by atoms with E-state index in [0.717, 1.165) is 5.69 Å². The van der Waals surface area contributed by atoms with Gasteiger partial charge in [0.15, 0.2) is 0 Å². The molecule has 96 valence electrons. The van der Waals surface area contributed by atoms with E-state index in [1.54, 1.807) is 32.0 Å². The standard InChI is InChI=1S/C13H17N3O2/c1-9-13(18)16(10(2)12(17)15(9)3)8-11-6-4-5-7-14-11/h4-7,9-10H,8H2,1-3H3/t9-,10-/m0/s1. The van der Waals surface area contributed by atoms with E-state index in [1.165, 1.54) is 4.90 Å². The van der Waals surface area contributed by atoms with Crippen molar-refractivity contribution in [3.63, 3.8) is 0 Å². The molecule has 1 aliphatic rings. The van der Waals surface area contributed by atoms with Crippen molar-refractivity contribution >= 4 is 11.8 Å². The lowest BCUT2D eigenvalue weighted by Gasteiger charge is -2.40. The Morgan fingerprint density at radius 3 is 2.50 bits per heavy atom. The summed E-state index contributed by atoms with van der Waals surface area (Å²) in [5.74, 6) is -0.0618. The van der Waals surface area contributed by atoms with E-state index < -0.39 is 12.1 Å². The number of likely N-dealkylation sites (N-methyl/N-ethyl adjacent to an activating group) is 1. The Labute approximate surface area is 106 Å². The highest BCUT2D eigenvalue weighted by Gasteiger charge is 2.39. The third kappa shape index (κ3) is 2.08. The van der Waals surface area contributed by atoms with Crippen LogP contribution < -0.4 is 0 Å². The number of carbonyl (C=O) groups is 2. The van der Waals surface area contributed by atoms with Crippen LogP contribution in [-0.4, -0.2) is 45.7 Å². The van der Waals surface area contributed by atoms with Gasteiger partial charge in [-0.15, -0.1) is 0 Å². The molecule has 1 fully saturated rings. The molecule has 1 saturated heterocycles. The quantitative estimate of drug-likeness (QED) is 0.771. The van der Waals surface area contributed by atoms with E-state index in [0.29, 0.717) is 6.54 Å². The van der Waals surface area contributed by atoms with Crippen LogP contribution in [0.25, 0.3) is 0 Å². The predicted octanol–water partition coefficient (Wildman–Crippen LogP) is 0.659. The highest BCUT2D eigenvalue weighted by molar-refractivity contribution is 5.96. The maximum atomic E-state index is 12.2. The molecule has 2 heterocycles. The van der Waals surface area contributed by atoms with Crippen LogP contribution in [0, 0.1) is 0 Å². The number of pyridine rings is 1. The van der Waals surface area contributed by atoms with Gasteiger partial charge in [0.25, 0.3) is 0 Å². The Balaban J connectivity index is 2.21. The van der Waals surface area contributed by atoms with Crippen molar-refractivity contribution in [2.75, 3.05) is 7.05 Å². The summed E-state index contributed by atoms with van der Waals surface area (Å²) in [6.45, 7) is 3.88. The van der Waals surface area contributed by atoms with E-state index in [1.807, 2.05) is 18.2 Å². The lowest BCUT2D eigenvalue weighted by atomic mass is 10.1. The molecule has 0 spiro atoms. The zero-order valence-electron chi connectivity index (χ0n) is 10.8. The Morgan fingerprint density at radius 1 is 1.17 bits per heavy atom. The molecule has 5 heteroatoms. The van der Waals surface area contributed by atoms with Gasteiger partial charge in [0.1, 0.15) is 12.1 Å². The summed E-state index contributed by atoms with van der Waals surface area (Å²) in [6, 6.07) is 4.72. The second kappa shape index (κ2) is 4.76. The van der Waals surface area contributed by atoms with Crippen LogP contribution in [0.2, 0.25) is 0 Å². The summed E-state index contributed by atoms with van der Waals surface area (Å²) in [6.07, 6.45) is 1.69. The Morgan fingerprint density at radius 2 is 1.89 bits per heavy atom. The maximum Gasteiger partial charge on any atom is 0.246 e. The predicted molar refractivity (Wildman–Crippen MR) is 66.5 cm³/mol. The van der Waals surface area contributed by atoms with Gasteiger partial charge in [-0.3, -0.25) is 14.6 Å². The zero-order chi connectivity index (χ0) is 13.3. The summed E-state index contributed by atoms with van der Waals surface area (Å²) < 4.78 is 0. The number of rotatable bonds is 2. The molecule has 0 bridgehead atoms. The Bertz CT molecular complexity index is 461. The van der Waals surface area contributed by atoms with Gasteiger partial charge in [-0.2, -0.15) is 0 Å². The van der Waals surface area contributed by atoms with Gasteiger partial charge < -0.3 is 9.80 Å². The van der Waals surface area contributed by atoms with Crippen molar-refractivity contribution in [1.82, 2.24) is 14.8 Å². The molecular weight excluding hydrogens is 230 g/mol. The monoisotopic (exact) mass is 247 g/mol. The van der Waals surface area contributed by atoms with Crippen molar-refractivity contribution in [3.8, 4) is 0 Å². The minimum absolute atomic E-state index is 0.0296. The summed E-state index contributed by atoms with van der Waals surface area (Å²) in [4.78, 5) is 31.5. The van der Waals surface area contributed by atoms with Crippen LogP contribution in [0.3, 0.4) is 0 Å². The first kappa shape index (κ1) is 12.5. The molecule has 1 aromatic rings. The molecule has 0 aliphatic carbocycles. The number of amides is 2. The first-order valence-electron chi connectivity index (χ1n) is 5.99. The highest BCUT2D eigenvalue weighted by Crippen LogP contribution is 2.18. The van der Waals surface area contributed by atoms with E-state index in [2.05, 4.69) is 4.98 Å². The lowest BCUT2D eigenvalue weighted by molar-refractivity contribution is -0.159. The Hall–Kier alpha value is -1.91. The number of piperazine rings is 1. The first-order valence-corrected chi connectivity index (χ1v) is 5.99. The van der Waals surface area contributed by atoms with Crippen LogP contribution in [0.4, 0.5) is 0 Å². The fourth-order valence-corrected chi connectivity index (χ4v) is 2.10. The Kier molecular flexibility index (Phi) is 3.32. The van der Waals surface area contributed by atoms with Gasteiger partial charge in [0.05, 0.1) is 12.2 Å². The second-order valence-electron chi connectivity index (χ2n) is 4.59. The van der Waals surface area contributed by atoms with Crippen molar-refractivity contribution in [1.29, 1.82) is 0 Å². The van der Waals surface area contributed by atoms with Crippen molar-refractivity contribution in [2.24, 2.45) is 0 Å². The van der Waals surface area contributed by atoms with E-state index in [9.17, 15) is 9.59 Å². The van der Waals surface area contributed by atoms with Crippen LogP contribution in [0.15, 0.2) is 24.4 Å². The van der Waals surface area contributed by atoms with Gasteiger partial charge in [-0.25, -0.2) is 0 Å². The van der Waals surface area contributed by atoms with Gasteiger partial charge in [0.2, 0.25) is 11.8 Å². The number of carbonyl (C=O) groups excluding carboxylic acids is 2. The topological polar surface area (TPSA) is 53.5 Å². The second-order valence-corrected chi connectivity index (χ2v) is 4.59. The molecule has 0 N–H and O–H groups in total. The average Bonchev–Trinajstić information content (AvgIpc) is 2.40. The molecule has 2 atom stereocenters. The number of nitrogens with zero attached hydrogens (tertiary/aromatic N) is 3. The minimum atomic E-state index is -0.430. The number of hydrogen-bond acceptors (Lipinski definition) is 3. The third-order valence-electron chi connectivity index (χ3n) is 3.45. The molecule has 2 rings (SSSR count). The van der Waals surface area contributed by atoms with Gasteiger partial charge in [-0.1, -0.05) is 6.07 Å². The normalized spacial score (nSPS) is 24.6. The zero-order valence-corrected chi connectivity index (χ0v) is 10.8. The van der Waals surface area contributed by atoms with E-state index >= 15 is 0 Å². The van der Waals surface area contributed by atoms with Crippen molar-refractivity contribution in [3.05, 3.63) is 30.1 Å². The van der Waals surface area contributed by atoms with Crippen LogP contribution in [-0.2, 0) is 16.1 Å². The minimum Gasteiger partial charge on any atom is -0.332 e. The molecule has 2 amide bonds. The molecule has 1 aliphatic heterocycles. The molecule has 0 aromatic carbocycles. The first-order chi connectivity index (χ1) is 8.52. The maximum absolute atomic E-state index is 12.2. The van der Waals surface area contributed by atoms with E-state index in [4.69, 9.17) is 0 Å². The molecule has 0 radical (unpaired) electrons. The number of aromatic nitrogens is 1. The van der Waals surface area contributed by atoms with Gasteiger partial charge in [-0.05, 0) is 26.0 Å². The summed E-state index contributed by atoms with van der Waals surface area (Å²) in [7, 11) is 1.67. The fraction of sp³-hybridized carbons (Fsp3) is 0.462. The molecule has 18 heavy (non-hydrogen) atoms. The summed E-state index contributed by atoms with van der Waals surface area (Å²) in [5.41, 5.74) is 0.794. The summed E-state index contributed by atoms with van der Waals surface area (Å²) >= 11 is 0. The average molecular weight is 247 g/mol. The number of hydrogen-bond donors (Lipinski definition) is 0. The van der Waals surface area contributed by atoms with Crippen LogP contribution in [0.1, 0.15) is 19.5 Å². The van der Waals surface area contributed by atoms with Crippen molar-refractivity contribution in [2.45, 2.75) is 32.5 Å². The molecule has 1 aromatic heterocycles. The van der Waals surface area contributed by atoms with Crippen LogP contribution in [0.5, 0.6) is 0 Å². The molecule has 0 saturated carbocycles. The highest BCUT2D eigenvalue weighted by atomic mass is 16.2. The van der Waals surface area contributed by atoms with Crippen LogP contribution >= 0.6 is 0 Å².